The quantitative estimate of drug-likeness (QED) is 0.412. The fourth-order valence-corrected chi connectivity index (χ4v) is 2.57. The Hall–Kier alpha value is -3.86. The molecule has 0 fully saturated rings. The number of nitrogens with zero attached hydrogens (tertiary/aromatic N) is 2. The number of amides is 2. The van der Waals surface area contributed by atoms with Gasteiger partial charge in [0.2, 0.25) is 0 Å². The zero-order chi connectivity index (χ0) is 21.1. The summed E-state index contributed by atoms with van der Waals surface area (Å²) in [5.74, 6) is -3.72. The van der Waals surface area contributed by atoms with Gasteiger partial charge < -0.3 is 15.2 Å². The van der Waals surface area contributed by atoms with E-state index in [1.165, 1.54) is 6.07 Å². The molecule has 2 amide bonds. The van der Waals surface area contributed by atoms with Crippen LogP contribution in [0.3, 0.4) is 0 Å². The van der Waals surface area contributed by atoms with Crippen molar-refractivity contribution in [2.24, 2.45) is 0 Å². The number of nitro benzene ring substituents is 1. The predicted molar refractivity (Wildman–Crippen MR) is 95.0 cm³/mol. The van der Waals surface area contributed by atoms with Gasteiger partial charge in [-0.25, -0.2) is 8.78 Å². The van der Waals surface area contributed by atoms with Crippen LogP contribution in [0.4, 0.5) is 20.2 Å². The number of aliphatic hydroxyl groups is 1. The van der Waals surface area contributed by atoms with Gasteiger partial charge in [-0.2, -0.15) is 0 Å². The van der Waals surface area contributed by atoms with E-state index in [1.807, 2.05) is 0 Å². The first-order valence-electron chi connectivity index (χ1n) is 8.16. The molecule has 0 spiro atoms. The average molecular weight is 405 g/mol. The zero-order valence-electron chi connectivity index (χ0n) is 14.6. The number of benzene rings is 2. The van der Waals surface area contributed by atoms with Crippen molar-refractivity contribution in [2.45, 2.75) is 0 Å². The minimum Gasteiger partial charge on any atom is -0.454 e. The highest BCUT2D eigenvalue weighted by atomic mass is 19.1. The Morgan fingerprint density at radius 3 is 2.59 bits per heavy atom. The van der Waals surface area contributed by atoms with Gasteiger partial charge in [0.15, 0.2) is 11.6 Å². The molecule has 0 saturated heterocycles. The third kappa shape index (κ3) is 4.35. The maximum atomic E-state index is 13.8. The number of nitrogens with one attached hydrogen (secondary N) is 1. The van der Waals surface area contributed by atoms with Gasteiger partial charge in [0.1, 0.15) is 17.3 Å². The molecule has 0 radical (unpaired) electrons. The molecule has 0 saturated carbocycles. The average Bonchev–Trinajstić information content (AvgIpc) is 2.91. The van der Waals surface area contributed by atoms with Crippen molar-refractivity contribution in [1.29, 1.82) is 0 Å². The summed E-state index contributed by atoms with van der Waals surface area (Å²) in [6, 6.07) is 5.91. The normalized spacial score (nSPS) is 13.5. The summed E-state index contributed by atoms with van der Waals surface area (Å²) in [7, 11) is 0. The number of carbonyl (C=O) groups excluding carboxylic acids is 2. The fourth-order valence-electron chi connectivity index (χ4n) is 2.57. The molecule has 1 heterocycles. The second-order valence-electron chi connectivity index (χ2n) is 5.85. The lowest BCUT2D eigenvalue weighted by Crippen LogP contribution is -2.34. The topological polar surface area (TPSA) is 122 Å². The van der Waals surface area contributed by atoms with E-state index in [9.17, 15) is 28.5 Å². The number of halogens is 2. The molecule has 0 atom stereocenters. The number of hydrogen-bond acceptors (Lipinski definition) is 7. The number of ether oxygens (including phenoxy) is 1. The van der Waals surface area contributed by atoms with Crippen LogP contribution in [0.1, 0.15) is 0 Å². The molecule has 2 aromatic rings. The lowest BCUT2D eigenvalue weighted by atomic mass is 10.2. The van der Waals surface area contributed by atoms with Crippen LogP contribution in [0.2, 0.25) is 0 Å². The molecule has 150 valence electrons. The highest BCUT2D eigenvalue weighted by molar-refractivity contribution is 6.17. The van der Waals surface area contributed by atoms with E-state index in [0.29, 0.717) is 6.07 Å². The maximum Gasteiger partial charge on any atom is 0.277 e. The SMILES string of the molecule is O=C1C=C(Nc2cc(Oc3ccc(F)cc3F)cc([N+](=O)[O-])c2)C(=O)N1CCO. The molecule has 2 aromatic carbocycles. The van der Waals surface area contributed by atoms with E-state index in [0.717, 1.165) is 35.2 Å². The molecule has 11 heteroatoms. The van der Waals surface area contributed by atoms with Gasteiger partial charge in [0.25, 0.3) is 17.5 Å². The van der Waals surface area contributed by atoms with Gasteiger partial charge in [0.05, 0.1) is 24.1 Å². The van der Waals surface area contributed by atoms with E-state index < -0.39 is 40.7 Å². The van der Waals surface area contributed by atoms with Crippen LogP contribution in [0.5, 0.6) is 11.5 Å². The zero-order valence-corrected chi connectivity index (χ0v) is 14.6. The smallest absolute Gasteiger partial charge is 0.277 e. The monoisotopic (exact) mass is 405 g/mol. The highest BCUT2D eigenvalue weighted by Crippen LogP contribution is 2.32. The molecule has 2 N–H and O–H groups in total. The summed E-state index contributed by atoms with van der Waals surface area (Å²) in [5, 5.41) is 22.7. The summed E-state index contributed by atoms with van der Waals surface area (Å²) in [6.45, 7) is -0.622. The van der Waals surface area contributed by atoms with E-state index >= 15 is 0 Å². The fraction of sp³-hybridized carbons (Fsp3) is 0.111. The first kappa shape index (κ1) is 19.9. The van der Waals surface area contributed by atoms with E-state index in [2.05, 4.69) is 5.32 Å². The second kappa shape index (κ2) is 8.02. The van der Waals surface area contributed by atoms with Crippen molar-refractivity contribution < 1.29 is 33.1 Å². The molecular weight excluding hydrogens is 392 g/mol. The maximum absolute atomic E-state index is 13.8. The minimum atomic E-state index is -1.01. The minimum absolute atomic E-state index is 0.0231. The Bertz CT molecular complexity index is 1040. The van der Waals surface area contributed by atoms with Crippen molar-refractivity contribution in [1.82, 2.24) is 4.90 Å². The van der Waals surface area contributed by atoms with Crippen LogP contribution in [0.25, 0.3) is 0 Å². The van der Waals surface area contributed by atoms with Crippen LogP contribution < -0.4 is 10.1 Å². The van der Waals surface area contributed by atoms with Gasteiger partial charge in [-0.1, -0.05) is 0 Å². The number of nitro groups is 1. The van der Waals surface area contributed by atoms with Gasteiger partial charge in [-0.15, -0.1) is 0 Å². The number of hydrogen-bond donors (Lipinski definition) is 2. The summed E-state index contributed by atoms with van der Waals surface area (Å²) in [6.07, 6.45) is 0.983. The molecular formula is C18H13F2N3O6. The van der Waals surface area contributed by atoms with Crippen LogP contribution >= 0.6 is 0 Å². The molecule has 1 aliphatic heterocycles. The van der Waals surface area contributed by atoms with Crippen LogP contribution in [0, 0.1) is 21.7 Å². The Morgan fingerprint density at radius 1 is 1.17 bits per heavy atom. The number of rotatable bonds is 7. The first-order chi connectivity index (χ1) is 13.8. The molecule has 0 aromatic heterocycles. The summed E-state index contributed by atoms with van der Waals surface area (Å²) < 4.78 is 32.1. The van der Waals surface area contributed by atoms with Crippen molar-refractivity contribution in [3.63, 3.8) is 0 Å². The Labute approximate surface area is 162 Å². The first-order valence-corrected chi connectivity index (χ1v) is 8.16. The second-order valence-corrected chi connectivity index (χ2v) is 5.85. The van der Waals surface area contributed by atoms with E-state index in [4.69, 9.17) is 9.84 Å². The van der Waals surface area contributed by atoms with Gasteiger partial charge in [-0.05, 0) is 12.1 Å². The van der Waals surface area contributed by atoms with Crippen molar-refractivity contribution >= 4 is 23.2 Å². The van der Waals surface area contributed by atoms with E-state index in [1.54, 1.807) is 0 Å². The number of β-amino-alcohol motifs (C(OH)–C–C–N with tert-alkyl or cyclic N) is 1. The van der Waals surface area contributed by atoms with Gasteiger partial charge in [0, 0.05) is 30.0 Å². The number of aliphatic hydroxyl groups excluding tert-OH is 1. The number of anilines is 1. The Balaban J connectivity index is 1.90. The largest absolute Gasteiger partial charge is 0.454 e. The van der Waals surface area contributed by atoms with Crippen molar-refractivity contribution in [3.8, 4) is 11.5 Å². The standard InChI is InChI=1S/C18H13F2N3O6/c19-10-1-2-16(14(20)5-10)29-13-7-11(6-12(8-13)23(27)28)21-15-9-17(25)22(3-4-24)18(15)26/h1-2,5-9,21,24H,3-4H2. The molecule has 0 bridgehead atoms. The Morgan fingerprint density at radius 2 is 1.93 bits per heavy atom. The number of non-ortho nitro benzene ring substituents is 1. The number of imide groups is 1. The van der Waals surface area contributed by atoms with Crippen LogP contribution in [-0.4, -0.2) is 39.9 Å². The lowest BCUT2D eigenvalue weighted by molar-refractivity contribution is -0.384. The third-order valence-corrected chi connectivity index (χ3v) is 3.84. The highest BCUT2D eigenvalue weighted by Gasteiger charge is 2.31. The third-order valence-electron chi connectivity index (χ3n) is 3.84. The molecule has 0 aliphatic carbocycles. The van der Waals surface area contributed by atoms with Gasteiger partial charge in [-0.3, -0.25) is 24.6 Å². The van der Waals surface area contributed by atoms with Gasteiger partial charge >= 0.3 is 0 Å². The van der Waals surface area contributed by atoms with Crippen LogP contribution in [0.15, 0.2) is 48.2 Å². The molecule has 29 heavy (non-hydrogen) atoms. The Kier molecular flexibility index (Phi) is 5.50. The molecule has 0 unspecified atom stereocenters. The molecule has 9 nitrogen and oxygen atoms in total. The summed E-state index contributed by atoms with van der Waals surface area (Å²) in [5.41, 5.74) is -0.574. The van der Waals surface area contributed by atoms with E-state index in [-0.39, 0.29) is 29.4 Å². The summed E-state index contributed by atoms with van der Waals surface area (Å²) >= 11 is 0. The number of carbonyl (C=O) groups is 2. The molecule has 1 aliphatic rings. The summed E-state index contributed by atoms with van der Waals surface area (Å²) in [4.78, 5) is 35.2. The van der Waals surface area contributed by atoms with Crippen molar-refractivity contribution in [2.75, 3.05) is 18.5 Å². The lowest BCUT2D eigenvalue weighted by Gasteiger charge is -2.14. The predicted octanol–water partition coefficient (Wildman–Crippen LogP) is 2.32. The van der Waals surface area contributed by atoms with Crippen molar-refractivity contribution in [3.05, 3.63) is 69.9 Å². The van der Waals surface area contributed by atoms with Crippen LogP contribution in [-0.2, 0) is 9.59 Å². The molecule has 3 rings (SSSR count).